The average molecular weight is 296 g/mol. The van der Waals surface area contributed by atoms with Gasteiger partial charge in [0.05, 0.1) is 4.47 Å². The summed E-state index contributed by atoms with van der Waals surface area (Å²) in [7, 11) is 0. The van der Waals surface area contributed by atoms with Gasteiger partial charge in [0, 0.05) is 11.4 Å². The standard InChI is InChI=1S/C11H10BrClF2/c1-7(3-2-6-13)10-9(14)5-4-8(12)11(10)15/h3-5H,2,6H2,1H3/b7-3-. The lowest BCUT2D eigenvalue weighted by molar-refractivity contribution is 0.572. The number of allylic oxidation sites excluding steroid dienone is 2. The Morgan fingerprint density at radius 3 is 2.73 bits per heavy atom. The van der Waals surface area contributed by atoms with E-state index in [1.54, 1.807) is 13.0 Å². The number of halogens is 4. The maximum atomic E-state index is 13.6. The first-order valence-corrected chi connectivity index (χ1v) is 5.77. The van der Waals surface area contributed by atoms with E-state index in [-0.39, 0.29) is 10.0 Å². The Hall–Kier alpha value is -0.410. The fourth-order valence-corrected chi connectivity index (χ4v) is 1.70. The molecule has 0 aliphatic rings. The van der Waals surface area contributed by atoms with Crippen molar-refractivity contribution in [1.29, 1.82) is 0 Å². The van der Waals surface area contributed by atoms with Crippen LogP contribution in [-0.4, -0.2) is 5.88 Å². The molecule has 0 saturated carbocycles. The van der Waals surface area contributed by atoms with Gasteiger partial charge in [-0.05, 0) is 47.0 Å². The van der Waals surface area contributed by atoms with E-state index in [0.717, 1.165) is 0 Å². The van der Waals surface area contributed by atoms with Crippen LogP contribution < -0.4 is 0 Å². The second-order valence-corrected chi connectivity index (χ2v) is 4.32. The third kappa shape index (κ3) is 3.02. The largest absolute Gasteiger partial charge is 0.206 e. The first-order chi connectivity index (χ1) is 7.07. The molecule has 0 nitrogen and oxygen atoms in total. The van der Waals surface area contributed by atoms with Gasteiger partial charge in [0.25, 0.3) is 0 Å². The van der Waals surface area contributed by atoms with Crippen LogP contribution >= 0.6 is 27.5 Å². The molecule has 0 bridgehead atoms. The Morgan fingerprint density at radius 1 is 1.47 bits per heavy atom. The minimum Gasteiger partial charge on any atom is -0.206 e. The molecule has 0 N–H and O–H groups in total. The highest BCUT2D eigenvalue weighted by molar-refractivity contribution is 9.10. The third-order valence-electron chi connectivity index (χ3n) is 2.00. The lowest BCUT2D eigenvalue weighted by Crippen LogP contribution is -1.94. The smallest absolute Gasteiger partial charge is 0.147 e. The second kappa shape index (κ2) is 5.61. The highest BCUT2D eigenvalue weighted by Gasteiger charge is 2.13. The maximum Gasteiger partial charge on any atom is 0.147 e. The zero-order valence-electron chi connectivity index (χ0n) is 8.16. The van der Waals surface area contributed by atoms with Crippen molar-refractivity contribution in [2.75, 3.05) is 5.88 Å². The lowest BCUT2D eigenvalue weighted by Gasteiger charge is -2.06. The van der Waals surface area contributed by atoms with E-state index < -0.39 is 11.6 Å². The van der Waals surface area contributed by atoms with Gasteiger partial charge in [-0.15, -0.1) is 11.6 Å². The van der Waals surface area contributed by atoms with Crippen LogP contribution in [0.2, 0.25) is 0 Å². The molecule has 0 unspecified atom stereocenters. The number of benzene rings is 1. The molecule has 0 heterocycles. The van der Waals surface area contributed by atoms with Gasteiger partial charge in [-0.3, -0.25) is 0 Å². The molecule has 0 radical (unpaired) electrons. The Kier molecular flexibility index (Phi) is 4.74. The van der Waals surface area contributed by atoms with E-state index in [1.165, 1.54) is 12.1 Å². The van der Waals surface area contributed by atoms with Crippen LogP contribution in [0.1, 0.15) is 18.9 Å². The van der Waals surface area contributed by atoms with Crippen molar-refractivity contribution < 1.29 is 8.78 Å². The van der Waals surface area contributed by atoms with Crippen LogP contribution in [0.5, 0.6) is 0 Å². The Morgan fingerprint density at radius 2 is 2.13 bits per heavy atom. The predicted molar refractivity (Wildman–Crippen MR) is 63.0 cm³/mol. The summed E-state index contributed by atoms with van der Waals surface area (Å²) >= 11 is 8.52. The van der Waals surface area contributed by atoms with Gasteiger partial charge in [-0.25, -0.2) is 8.78 Å². The molecular weight excluding hydrogens is 285 g/mol. The minimum absolute atomic E-state index is 0.00879. The first kappa shape index (κ1) is 12.7. The summed E-state index contributed by atoms with van der Waals surface area (Å²) in [6.07, 6.45) is 2.32. The summed E-state index contributed by atoms with van der Waals surface area (Å²) < 4.78 is 27.2. The topological polar surface area (TPSA) is 0 Å². The van der Waals surface area contributed by atoms with E-state index in [1.807, 2.05) is 0 Å². The van der Waals surface area contributed by atoms with Crippen molar-refractivity contribution in [3.63, 3.8) is 0 Å². The second-order valence-electron chi connectivity index (χ2n) is 3.08. The van der Waals surface area contributed by atoms with Gasteiger partial charge >= 0.3 is 0 Å². The molecule has 0 saturated heterocycles. The van der Waals surface area contributed by atoms with E-state index in [0.29, 0.717) is 17.9 Å². The summed E-state index contributed by atoms with van der Waals surface area (Å²) in [5.41, 5.74) is 0.571. The normalized spacial score (nSPS) is 11.9. The molecule has 1 aromatic carbocycles. The van der Waals surface area contributed by atoms with Crippen molar-refractivity contribution in [1.82, 2.24) is 0 Å². The quantitative estimate of drug-likeness (QED) is 0.557. The van der Waals surface area contributed by atoms with Crippen LogP contribution in [0.15, 0.2) is 22.7 Å². The van der Waals surface area contributed by atoms with Crippen LogP contribution in [-0.2, 0) is 0 Å². The van der Waals surface area contributed by atoms with Gasteiger partial charge in [0.2, 0.25) is 0 Å². The number of hydrogen-bond acceptors (Lipinski definition) is 0. The summed E-state index contributed by atoms with van der Waals surface area (Å²) in [4.78, 5) is 0. The fourth-order valence-electron chi connectivity index (χ4n) is 1.26. The number of hydrogen-bond donors (Lipinski definition) is 0. The van der Waals surface area contributed by atoms with Crippen molar-refractivity contribution in [2.24, 2.45) is 0 Å². The van der Waals surface area contributed by atoms with Gasteiger partial charge in [-0.1, -0.05) is 6.08 Å². The van der Waals surface area contributed by atoms with Gasteiger partial charge in [-0.2, -0.15) is 0 Å². The van der Waals surface area contributed by atoms with Gasteiger partial charge < -0.3 is 0 Å². The highest BCUT2D eigenvalue weighted by Crippen LogP contribution is 2.27. The Balaban J connectivity index is 3.18. The lowest BCUT2D eigenvalue weighted by atomic mass is 10.1. The molecule has 1 rings (SSSR count). The Labute approximate surface area is 101 Å². The van der Waals surface area contributed by atoms with Crippen LogP contribution in [0.25, 0.3) is 5.57 Å². The van der Waals surface area contributed by atoms with Crippen molar-refractivity contribution in [3.8, 4) is 0 Å². The molecule has 4 heteroatoms. The first-order valence-electron chi connectivity index (χ1n) is 4.44. The monoisotopic (exact) mass is 294 g/mol. The average Bonchev–Trinajstić information content (AvgIpc) is 2.21. The molecule has 1 aromatic rings. The molecule has 0 fully saturated rings. The van der Waals surface area contributed by atoms with Crippen LogP contribution in [0, 0.1) is 11.6 Å². The molecular formula is C11H10BrClF2. The summed E-state index contributed by atoms with van der Waals surface area (Å²) in [6, 6.07) is 2.59. The molecule has 0 spiro atoms. The molecule has 82 valence electrons. The minimum atomic E-state index is -0.571. The van der Waals surface area contributed by atoms with E-state index in [2.05, 4.69) is 15.9 Å². The fraction of sp³-hybridized carbons (Fsp3) is 0.273. The van der Waals surface area contributed by atoms with Crippen molar-refractivity contribution in [3.05, 3.63) is 39.9 Å². The van der Waals surface area contributed by atoms with E-state index in [9.17, 15) is 8.78 Å². The van der Waals surface area contributed by atoms with E-state index in [4.69, 9.17) is 11.6 Å². The molecule has 0 aliphatic heterocycles. The van der Waals surface area contributed by atoms with Crippen LogP contribution in [0.3, 0.4) is 0 Å². The summed E-state index contributed by atoms with van der Waals surface area (Å²) in [5.74, 6) is -0.688. The molecule has 0 amide bonds. The maximum absolute atomic E-state index is 13.6. The predicted octanol–water partition coefficient (Wildman–Crippen LogP) is 4.76. The molecule has 0 aliphatic carbocycles. The molecule has 0 aromatic heterocycles. The molecule has 0 atom stereocenters. The van der Waals surface area contributed by atoms with Crippen LogP contribution in [0.4, 0.5) is 8.78 Å². The summed E-state index contributed by atoms with van der Waals surface area (Å²) in [5, 5.41) is 0. The third-order valence-corrected chi connectivity index (χ3v) is 2.83. The number of alkyl halides is 1. The number of rotatable bonds is 3. The Bertz CT molecular complexity index is 388. The summed E-state index contributed by atoms with van der Waals surface area (Å²) in [6.45, 7) is 1.67. The zero-order valence-corrected chi connectivity index (χ0v) is 10.5. The van der Waals surface area contributed by atoms with Gasteiger partial charge in [0.15, 0.2) is 0 Å². The molecule has 15 heavy (non-hydrogen) atoms. The SMILES string of the molecule is C/C(=C/CCCl)c1c(F)ccc(Br)c1F. The highest BCUT2D eigenvalue weighted by atomic mass is 79.9. The van der Waals surface area contributed by atoms with Crippen molar-refractivity contribution >= 4 is 33.1 Å². The van der Waals surface area contributed by atoms with Gasteiger partial charge in [0.1, 0.15) is 11.6 Å². The zero-order chi connectivity index (χ0) is 11.4. The van der Waals surface area contributed by atoms with E-state index >= 15 is 0 Å². The van der Waals surface area contributed by atoms with Crippen molar-refractivity contribution in [2.45, 2.75) is 13.3 Å².